The van der Waals surface area contributed by atoms with Gasteiger partial charge in [0.05, 0.1) is 18.1 Å². The molecule has 0 unspecified atom stereocenters. The zero-order valence-corrected chi connectivity index (χ0v) is 14.0. The topological polar surface area (TPSA) is 66.9 Å². The zero-order chi connectivity index (χ0) is 16.3. The summed E-state index contributed by atoms with van der Waals surface area (Å²) in [5.74, 6) is -0.207. The van der Waals surface area contributed by atoms with E-state index in [2.05, 4.69) is 0 Å². The van der Waals surface area contributed by atoms with Crippen LogP contribution in [0.25, 0.3) is 0 Å². The van der Waals surface area contributed by atoms with Crippen molar-refractivity contribution in [2.75, 3.05) is 40.4 Å². The van der Waals surface area contributed by atoms with Crippen LogP contribution in [0.2, 0.25) is 0 Å². The Morgan fingerprint density at radius 2 is 1.91 bits per heavy atom. The Morgan fingerprint density at radius 3 is 2.45 bits per heavy atom. The van der Waals surface area contributed by atoms with Gasteiger partial charge in [-0.2, -0.15) is 4.31 Å². The number of hydrogen-bond donors (Lipinski definition) is 0. The maximum atomic E-state index is 12.9. The number of amides is 1. The lowest BCUT2D eigenvalue weighted by atomic mass is 10.1. The summed E-state index contributed by atoms with van der Waals surface area (Å²) in [5, 5.41) is 0. The van der Waals surface area contributed by atoms with Gasteiger partial charge in [-0.25, -0.2) is 8.42 Å². The molecule has 1 aliphatic rings. The summed E-state index contributed by atoms with van der Waals surface area (Å²) in [5.41, 5.74) is 1.11. The lowest BCUT2D eigenvalue weighted by Crippen LogP contribution is -2.41. The van der Waals surface area contributed by atoms with E-state index in [0.717, 1.165) is 5.56 Å². The van der Waals surface area contributed by atoms with Gasteiger partial charge in [-0.3, -0.25) is 4.79 Å². The third-order valence-corrected chi connectivity index (χ3v) is 5.67. The standard InChI is InChI=1S/C15H22N2O4S/c1-4-12-5-6-13(15(18)16(2)3)11-14(12)22(19,20)17-7-9-21-10-8-17/h5-6,11H,4,7-10H2,1-3H3. The van der Waals surface area contributed by atoms with E-state index < -0.39 is 10.0 Å². The molecular weight excluding hydrogens is 304 g/mol. The summed E-state index contributed by atoms with van der Waals surface area (Å²) >= 11 is 0. The van der Waals surface area contributed by atoms with Crippen molar-refractivity contribution < 1.29 is 17.9 Å². The first kappa shape index (κ1) is 16.9. The lowest BCUT2D eigenvalue weighted by molar-refractivity contribution is 0.0730. The second-order valence-corrected chi connectivity index (χ2v) is 7.30. The van der Waals surface area contributed by atoms with E-state index in [0.29, 0.717) is 38.3 Å². The summed E-state index contributed by atoms with van der Waals surface area (Å²) in [4.78, 5) is 13.8. The lowest BCUT2D eigenvalue weighted by Gasteiger charge is -2.27. The molecule has 0 aromatic heterocycles. The van der Waals surface area contributed by atoms with Gasteiger partial charge in [-0.05, 0) is 24.1 Å². The molecule has 0 aliphatic carbocycles. The first-order chi connectivity index (χ1) is 10.4. The molecule has 1 amide bonds. The maximum Gasteiger partial charge on any atom is 0.253 e. The largest absolute Gasteiger partial charge is 0.379 e. The summed E-state index contributed by atoms with van der Waals surface area (Å²) in [6.07, 6.45) is 0.593. The fourth-order valence-electron chi connectivity index (χ4n) is 2.40. The van der Waals surface area contributed by atoms with Crippen LogP contribution in [-0.4, -0.2) is 63.9 Å². The highest BCUT2D eigenvalue weighted by atomic mass is 32.2. The van der Waals surface area contributed by atoms with E-state index in [-0.39, 0.29) is 10.8 Å². The van der Waals surface area contributed by atoms with Crippen LogP contribution in [0.3, 0.4) is 0 Å². The number of hydrogen-bond acceptors (Lipinski definition) is 4. The molecular formula is C15H22N2O4S. The molecule has 22 heavy (non-hydrogen) atoms. The Kier molecular flexibility index (Phi) is 5.20. The SMILES string of the molecule is CCc1ccc(C(=O)N(C)C)cc1S(=O)(=O)N1CCOCC1. The number of rotatable bonds is 4. The van der Waals surface area contributed by atoms with Gasteiger partial charge >= 0.3 is 0 Å². The predicted molar refractivity (Wildman–Crippen MR) is 83.4 cm³/mol. The van der Waals surface area contributed by atoms with Crippen molar-refractivity contribution >= 4 is 15.9 Å². The van der Waals surface area contributed by atoms with Crippen molar-refractivity contribution in [3.63, 3.8) is 0 Å². The number of nitrogens with zero attached hydrogens (tertiary/aromatic N) is 2. The minimum atomic E-state index is -3.60. The van der Waals surface area contributed by atoms with Crippen molar-refractivity contribution in [1.29, 1.82) is 0 Å². The van der Waals surface area contributed by atoms with Crippen LogP contribution < -0.4 is 0 Å². The van der Waals surface area contributed by atoms with E-state index in [1.165, 1.54) is 15.3 Å². The summed E-state index contributed by atoms with van der Waals surface area (Å²) in [6, 6.07) is 4.90. The first-order valence-electron chi connectivity index (χ1n) is 7.30. The van der Waals surface area contributed by atoms with Crippen molar-refractivity contribution in [3.8, 4) is 0 Å². The smallest absolute Gasteiger partial charge is 0.253 e. The molecule has 2 rings (SSSR count). The highest BCUT2D eigenvalue weighted by Crippen LogP contribution is 2.23. The van der Waals surface area contributed by atoms with Crippen molar-refractivity contribution in [3.05, 3.63) is 29.3 Å². The third-order valence-electron chi connectivity index (χ3n) is 3.69. The quantitative estimate of drug-likeness (QED) is 0.827. The maximum absolute atomic E-state index is 12.9. The van der Waals surface area contributed by atoms with Gasteiger partial charge in [0.15, 0.2) is 0 Å². The van der Waals surface area contributed by atoms with Crippen molar-refractivity contribution in [1.82, 2.24) is 9.21 Å². The normalized spacial score (nSPS) is 16.5. The Morgan fingerprint density at radius 1 is 1.27 bits per heavy atom. The van der Waals surface area contributed by atoms with Crippen LogP contribution >= 0.6 is 0 Å². The Hall–Kier alpha value is -1.44. The predicted octanol–water partition coefficient (Wildman–Crippen LogP) is 0.972. The minimum Gasteiger partial charge on any atom is -0.379 e. The Balaban J connectivity index is 2.47. The van der Waals surface area contributed by atoms with Gasteiger partial charge < -0.3 is 9.64 Å². The molecule has 0 saturated carbocycles. The van der Waals surface area contributed by atoms with E-state index >= 15 is 0 Å². The van der Waals surface area contributed by atoms with Gasteiger partial charge in [0.1, 0.15) is 0 Å². The minimum absolute atomic E-state index is 0.207. The number of carbonyl (C=O) groups excluding carboxylic acids is 1. The van der Waals surface area contributed by atoms with Gasteiger partial charge in [-0.1, -0.05) is 13.0 Å². The number of carbonyl (C=O) groups is 1. The van der Waals surface area contributed by atoms with Gasteiger partial charge in [0.2, 0.25) is 10.0 Å². The number of ether oxygens (including phenoxy) is 1. The molecule has 1 aliphatic heterocycles. The molecule has 1 heterocycles. The molecule has 0 atom stereocenters. The summed E-state index contributed by atoms with van der Waals surface area (Å²) in [7, 11) is -0.314. The van der Waals surface area contributed by atoms with Gasteiger partial charge in [0.25, 0.3) is 5.91 Å². The van der Waals surface area contributed by atoms with E-state index in [1.807, 2.05) is 6.92 Å². The van der Waals surface area contributed by atoms with Crippen molar-refractivity contribution in [2.45, 2.75) is 18.2 Å². The Labute approximate surface area is 131 Å². The van der Waals surface area contributed by atoms with Gasteiger partial charge in [-0.15, -0.1) is 0 Å². The second-order valence-electron chi connectivity index (χ2n) is 5.39. The summed E-state index contributed by atoms with van der Waals surface area (Å²) < 4.78 is 32.4. The third kappa shape index (κ3) is 3.31. The van der Waals surface area contributed by atoms with Crippen LogP contribution in [-0.2, 0) is 21.2 Å². The summed E-state index contributed by atoms with van der Waals surface area (Å²) in [6.45, 7) is 3.39. The van der Waals surface area contributed by atoms with Crippen LogP contribution in [0.4, 0.5) is 0 Å². The second kappa shape index (κ2) is 6.76. The molecule has 6 nitrogen and oxygen atoms in total. The molecule has 1 aromatic carbocycles. The zero-order valence-electron chi connectivity index (χ0n) is 13.2. The molecule has 1 saturated heterocycles. The molecule has 1 fully saturated rings. The van der Waals surface area contributed by atoms with E-state index in [4.69, 9.17) is 4.74 Å². The van der Waals surface area contributed by atoms with Crippen LogP contribution in [0.15, 0.2) is 23.1 Å². The van der Waals surface area contributed by atoms with Crippen LogP contribution in [0.5, 0.6) is 0 Å². The monoisotopic (exact) mass is 326 g/mol. The molecule has 0 radical (unpaired) electrons. The molecule has 122 valence electrons. The van der Waals surface area contributed by atoms with E-state index in [1.54, 1.807) is 26.2 Å². The average Bonchev–Trinajstić information content (AvgIpc) is 2.54. The average molecular weight is 326 g/mol. The fourth-order valence-corrected chi connectivity index (χ4v) is 4.13. The highest BCUT2D eigenvalue weighted by molar-refractivity contribution is 7.89. The van der Waals surface area contributed by atoms with Gasteiger partial charge in [0, 0.05) is 32.7 Å². The van der Waals surface area contributed by atoms with E-state index in [9.17, 15) is 13.2 Å². The number of morpholine rings is 1. The molecule has 0 spiro atoms. The van der Waals surface area contributed by atoms with Crippen molar-refractivity contribution in [2.24, 2.45) is 0 Å². The number of benzene rings is 1. The Bertz CT molecular complexity index is 650. The number of aryl methyl sites for hydroxylation is 1. The fraction of sp³-hybridized carbons (Fsp3) is 0.533. The number of sulfonamides is 1. The van der Waals surface area contributed by atoms with Crippen LogP contribution in [0, 0.1) is 0 Å². The first-order valence-corrected chi connectivity index (χ1v) is 8.74. The molecule has 7 heteroatoms. The molecule has 1 aromatic rings. The molecule has 0 bridgehead atoms. The molecule has 0 N–H and O–H groups in total. The highest BCUT2D eigenvalue weighted by Gasteiger charge is 2.29. The van der Waals surface area contributed by atoms with Crippen LogP contribution in [0.1, 0.15) is 22.8 Å².